The standard InChI is InChI=1S/C22H12ClFN4O2S/c23-16-10-13(6-8-17(16)24)18-9-7-14(30-18)11-15-19(25)28-22(26-20(15)29)31-21(27-28)12-4-2-1-3-5-12/h1-11,25H/b15-11-,25-19?. The third-order valence-corrected chi connectivity index (χ3v) is 5.84. The lowest BCUT2D eigenvalue weighted by Gasteiger charge is -2.19. The van der Waals surface area contributed by atoms with Gasteiger partial charge in [0.05, 0.1) is 10.6 Å². The highest BCUT2D eigenvalue weighted by molar-refractivity contribution is 8.27. The zero-order valence-corrected chi connectivity index (χ0v) is 17.2. The summed E-state index contributed by atoms with van der Waals surface area (Å²) in [6.45, 7) is 0. The quantitative estimate of drug-likeness (QED) is 0.541. The van der Waals surface area contributed by atoms with E-state index in [1.165, 1.54) is 35.0 Å². The van der Waals surface area contributed by atoms with Crippen molar-refractivity contribution in [3.63, 3.8) is 0 Å². The van der Waals surface area contributed by atoms with Gasteiger partial charge >= 0.3 is 0 Å². The van der Waals surface area contributed by atoms with Crippen molar-refractivity contribution in [3.05, 3.63) is 88.4 Å². The molecule has 0 bridgehead atoms. The number of hydrazone groups is 1. The Hall–Kier alpha value is -3.49. The van der Waals surface area contributed by atoms with Crippen LogP contribution in [-0.4, -0.2) is 27.0 Å². The molecule has 6 nitrogen and oxygen atoms in total. The molecule has 2 aliphatic rings. The monoisotopic (exact) mass is 450 g/mol. The number of benzene rings is 2. The maximum Gasteiger partial charge on any atom is 0.283 e. The Labute approximate surface area is 185 Å². The van der Waals surface area contributed by atoms with Crippen LogP contribution in [-0.2, 0) is 4.79 Å². The summed E-state index contributed by atoms with van der Waals surface area (Å²) in [5.41, 5.74) is 1.53. The van der Waals surface area contributed by atoms with Gasteiger partial charge in [-0.2, -0.15) is 15.1 Å². The van der Waals surface area contributed by atoms with E-state index in [0.717, 1.165) is 5.56 Å². The lowest BCUT2D eigenvalue weighted by atomic mass is 10.1. The summed E-state index contributed by atoms with van der Waals surface area (Å²) in [4.78, 5) is 16.6. The molecule has 0 unspecified atom stereocenters. The van der Waals surface area contributed by atoms with Gasteiger partial charge in [0.2, 0.25) is 5.17 Å². The van der Waals surface area contributed by atoms with E-state index in [0.29, 0.717) is 27.3 Å². The minimum absolute atomic E-state index is 0.0153. The normalized spacial score (nSPS) is 17.1. The second-order valence-corrected chi connectivity index (χ2v) is 7.99. The van der Waals surface area contributed by atoms with Gasteiger partial charge in [0.15, 0.2) is 5.84 Å². The van der Waals surface area contributed by atoms with E-state index in [4.69, 9.17) is 21.4 Å². The number of fused-ring (bicyclic) bond motifs is 1. The molecule has 0 radical (unpaired) electrons. The van der Waals surface area contributed by atoms with Crippen LogP contribution in [0.3, 0.4) is 0 Å². The van der Waals surface area contributed by atoms with Crippen LogP contribution in [0.25, 0.3) is 17.4 Å². The van der Waals surface area contributed by atoms with Gasteiger partial charge in [-0.15, -0.1) is 0 Å². The van der Waals surface area contributed by atoms with E-state index in [2.05, 4.69) is 10.1 Å². The van der Waals surface area contributed by atoms with Gasteiger partial charge in [0.25, 0.3) is 5.91 Å². The minimum atomic E-state index is -0.545. The first-order valence-corrected chi connectivity index (χ1v) is 10.3. The number of furan rings is 1. The van der Waals surface area contributed by atoms with E-state index < -0.39 is 11.7 Å². The largest absolute Gasteiger partial charge is 0.457 e. The Kier molecular flexibility index (Phi) is 4.80. The number of amidine groups is 2. The fourth-order valence-electron chi connectivity index (χ4n) is 3.07. The summed E-state index contributed by atoms with van der Waals surface area (Å²) in [5.74, 6) is -0.351. The zero-order chi connectivity index (χ0) is 21.5. The van der Waals surface area contributed by atoms with Crippen LogP contribution in [0, 0.1) is 11.2 Å². The molecule has 5 rings (SSSR count). The lowest BCUT2D eigenvalue weighted by Crippen LogP contribution is -2.35. The van der Waals surface area contributed by atoms with E-state index >= 15 is 0 Å². The molecule has 2 aliphatic heterocycles. The van der Waals surface area contributed by atoms with Crippen LogP contribution in [0.5, 0.6) is 0 Å². The molecule has 0 aliphatic carbocycles. The fourth-order valence-corrected chi connectivity index (χ4v) is 4.14. The molecule has 31 heavy (non-hydrogen) atoms. The van der Waals surface area contributed by atoms with Crippen LogP contribution in [0.15, 0.2) is 80.7 Å². The minimum Gasteiger partial charge on any atom is -0.457 e. The van der Waals surface area contributed by atoms with Crippen molar-refractivity contribution in [1.29, 1.82) is 5.41 Å². The molecule has 9 heteroatoms. The number of thioether (sulfide) groups is 1. The van der Waals surface area contributed by atoms with E-state index in [1.807, 2.05) is 30.3 Å². The zero-order valence-electron chi connectivity index (χ0n) is 15.7. The molecule has 152 valence electrons. The summed E-state index contributed by atoms with van der Waals surface area (Å²) >= 11 is 7.07. The number of amides is 1. The Morgan fingerprint density at radius 2 is 1.90 bits per heavy atom. The van der Waals surface area contributed by atoms with Crippen LogP contribution in [0.2, 0.25) is 5.02 Å². The summed E-state index contributed by atoms with van der Waals surface area (Å²) < 4.78 is 19.1. The number of halogens is 2. The van der Waals surface area contributed by atoms with E-state index in [9.17, 15) is 9.18 Å². The first-order chi connectivity index (χ1) is 15.0. The molecular weight excluding hydrogens is 439 g/mol. The van der Waals surface area contributed by atoms with Crippen LogP contribution in [0.1, 0.15) is 11.3 Å². The highest BCUT2D eigenvalue weighted by Crippen LogP contribution is 2.32. The van der Waals surface area contributed by atoms with Gasteiger partial charge in [-0.1, -0.05) is 41.9 Å². The third kappa shape index (κ3) is 3.60. The van der Waals surface area contributed by atoms with Crippen molar-refractivity contribution in [2.75, 3.05) is 0 Å². The van der Waals surface area contributed by atoms with Crippen LogP contribution in [0.4, 0.5) is 4.39 Å². The summed E-state index contributed by atoms with van der Waals surface area (Å²) in [6.07, 6.45) is 1.44. The molecule has 3 aromatic rings. The SMILES string of the molecule is N=C1/C(=C/c2ccc(-c3ccc(F)c(Cl)c3)o2)C(=O)N=C2SC(c3ccccc3)=NN12. The van der Waals surface area contributed by atoms with Crippen LogP contribution < -0.4 is 0 Å². The topological polar surface area (TPSA) is 82.0 Å². The van der Waals surface area contributed by atoms with Gasteiger partial charge < -0.3 is 4.42 Å². The Balaban J connectivity index is 1.45. The summed E-state index contributed by atoms with van der Waals surface area (Å²) in [5, 5.41) is 15.2. The van der Waals surface area contributed by atoms with E-state index in [1.54, 1.807) is 18.2 Å². The average Bonchev–Trinajstić information content (AvgIpc) is 3.41. The number of nitrogens with zero attached hydrogens (tertiary/aromatic N) is 3. The molecule has 0 saturated carbocycles. The molecule has 2 aromatic carbocycles. The first kappa shape index (κ1) is 19.5. The predicted octanol–water partition coefficient (Wildman–Crippen LogP) is 5.41. The second-order valence-electron chi connectivity index (χ2n) is 6.62. The summed E-state index contributed by atoms with van der Waals surface area (Å²) in [7, 11) is 0. The molecule has 1 amide bonds. The van der Waals surface area contributed by atoms with Crippen molar-refractivity contribution in [2.24, 2.45) is 10.1 Å². The van der Waals surface area contributed by atoms with Crippen molar-refractivity contribution in [3.8, 4) is 11.3 Å². The molecule has 0 atom stereocenters. The average molecular weight is 451 g/mol. The number of carbonyl (C=O) groups excluding carboxylic acids is 1. The maximum absolute atomic E-state index is 13.4. The predicted molar refractivity (Wildman–Crippen MR) is 120 cm³/mol. The highest BCUT2D eigenvalue weighted by atomic mass is 35.5. The second kappa shape index (κ2) is 7.64. The first-order valence-electron chi connectivity index (χ1n) is 9.10. The third-order valence-electron chi connectivity index (χ3n) is 4.59. The van der Waals surface area contributed by atoms with E-state index in [-0.39, 0.29) is 16.4 Å². The Morgan fingerprint density at radius 1 is 1.10 bits per heavy atom. The molecule has 3 heterocycles. The highest BCUT2D eigenvalue weighted by Gasteiger charge is 2.36. The number of hydrogen-bond acceptors (Lipinski definition) is 5. The maximum atomic E-state index is 13.4. The number of hydrogen-bond donors (Lipinski definition) is 1. The number of aliphatic imine (C=N–C) groups is 1. The smallest absolute Gasteiger partial charge is 0.283 e. The molecule has 0 fully saturated rings. The van der Waals surface area contributed by atoms with Crippen molar-refractivity contribution < 1.29 is 13.6 Å². The van der Waals surface area contributed by atoms with Gasteiger partial charge in [-0.05, 0) is 48.2 Å². The molecule has 0 spiro atoms. The van der Waals surface area contributed by atoms with Gasteiger partial charge in [-0.3, -0.25) is 10.2 Å². The van der Waals surface area contributed by atoms with Crippen molar-refractivity contribution in [2.45, 2.75) is 0 Å². The van der Waals surface area contributed by atoms with Gasteiger partial charge in [0, 0.05) is 11.1 Å². The molecule has 1 aromatic heterocycles. The fraction of sp³-hybridized carbons (Fsp3) is 0. The summed E-state index contributed by atoms with van der Waals surface area (Å²) in [6, 6.07) is 17.1. The molecular formula is C22H12ClFN4O2S. The Bertz CT molecular complexity index is 1330. The Morgan fingerprint density at radius 3 is 2.68 bits per heavy atom. The number of nitrogens with one attached hydrogen (secondary N) is 1. The molecule has 0 saturated heterocycles. The van der Waals surface area contributed by atoms with Crippen molar-refractivity contribution in [1.82, 2.24) is 5.01 Å². The number of rotatable bonds is 3. The van der Waals surface area contributed by atoms with Crippen LogP contribution >= 0.6 is 23.4 Å². The van der Waals surface area contributed by atoms with Gasteiger partial charge in [0.1, 0.15) is 22.4 Å². The lowest BCUT2D eigenvalue weighted by molar-refractivity contribution is -0.114. The van der Waals surface area contributed by atoms with Crippen molar-refractivity contribution >= 4 is 51.4 Å². The number of carbonyl (C=O) groups is 1. The molecule has 1 N–H and O–H groups in total. The van der Waals surface area contributed by atoms with Gasteiger partial charge in [-0.25, -0.2) is 4.39 Å².